The van der Waals surface area contributed by atoms with Crippen LogP contribution in [0.25, 0.3) is 0 Å². The number of amides is 2. The fraction of sp³-hybridized carbons (Fsp3) is 0.600. The molecule has 0 aliphatic carbocycles. The number of nitrogens with zero attached hydrogens (tertiary/aromatic N) is 3. The Bertz CT molecular complexity index is 438. The second-order valence-corrected chi connectivity index (χ2v) is 5.26. The Morgan fingerprint density at radius 3 is 3.16 bits per heavy atom. The van der Waals surface area contributed by atoms with E-state index in [-0.39, 0.29) is 25.0 Å². The van der Waals surface area contributed by atoms with Crippen molar-refractivity contribution in [1.82, 2.24) is 25.4 Å². The van der Waals surface area contributed by atoms with Gasteiger partial charge in [-0.1, -0.05) is 0 Å². The molecule has 2 amide bonds. The second kappa shape index (κ2) is 6.41. The molecule has 0 aromatic carbocycles. The van der Waals surface area contributed by atoms with Crippen LogP contribution in [-0.4, -0.2) is 61.3 Å². The van der Waals surface area contributed by atoms with Crippen LogP contribution in [0, 0.1) is 0 Å². The topological polar surface area (TPSA) is 111 Å². The molecular weight excluding hydrogens is 270 g/mol. The number of aliphatic carboxylic acids is 1. The highest BCUT2D eigenvalue weighted by Gasteiger charge is 2.28. The number of carbonyl (C=O) groups is 2. The van der Waals surface area contributed by atoms with Crippen molar-refractivity contribution in [3.05, 3.63) is 12.2 Å². The fourth-order valence-electron chi connectivity index (χ4n) is 1.87. The SMILES string of the molecule is O=C(O)CC1CSCCN1C(=O)NCc1ncn[nH]1. The van der Waals surface area contributed by atoms with Gasteiger partial charge in [0.1, 0.15) is 12.2 Å². The molecule has 1 atom stereocenters. The summed E-state index contributed by atoms with van der Waals surface area (Å²) in [5.74, 6) is 1.16. The van der Waals surface area contributed by atoms with Crippen LogP contribution < -0.4 is 5.32 Å². The number of aromatic amines is 1. The van der Waals surface area contributed by atoms with Crippen molar-refractivity contribution in [3.8, 4) is 0 Å². The Kier molecular flexibility index (Phi) is 4.61. The maximum Gasteiger partial charge on any atom is 0.318 e. The van der Waals surface area contributed by atoms with Gasteiger partial charge in [0.15, 0.2) is 0 Å². The van der Waals surface area contributed by atoms with E-state index >= 15 is 0 Å². The molecule has 9 heteroatoms. The molecule has 104 valence electrons. The predicted molar refractivity (Wildman–Crippen MR) is 68.7 cm³/mol. The van der Waals surface area contributed by atoms with Crippen LogP contribution in [0.1, 0.15) is 12.2 Å². The summed E-state index contributed by atoms with van der Waals surface area (Å²) in [5, 5.41) is 17.9. The molecule has 0 saturated carbocycles. The lowest BCUT2D eigenvalue weighted by molar-refractivity contribution is -0.138. The van der Waals surface area contributed by atoms with E-state index in [1.807, 2.05) is 0 Å². The van der Waals surface area contributed by atoms with E-state index in [1.165, 1.54) is 6.33 Å². The van der Waals surface area contributed by atoms with E-state index in [9.17, 15) is 9.59 Å². The predicted octanol–water partition coefficient (Wildman–Crippen LogP) is -0.0936. The normalized spacial score (nSPS) is 19.2. The van der Waals surface area contributed by atoms with Gasteiger partial charge in [-0.3, -0.25) is 9.89 Å². The number of carboxylic acids is 1. The van der Waals surface area contributed by atoms with Crippen molar-refractivity contribution in [2.45, 2.75) is 19.0 Å². The fourth-order valence-corrected chi connectivity index (χ4v) is 2.93. The number of rotatable bonds is 4. The van der Waals surface area contributed by atoms with E-state index in [1.54, 1.807) is 16.7 Å². The van der Waals surface area contributed by atoms with Gasteiger partial charge in [0.25, 0.3) is 0 Å². The van der Waals surface area contributed by atoms with Crippen molar-refractivity contribution in [1.29, 1.82) is 0 Å². The first-order valence-electron chi connectivity index (χ1n) is 5.85. The minimum Gasteiger partial charge on any atom is -0.481 e. The highest BCUT2D eigenvalue weighted by Crippen LogP contribution is 2.19. The van der Waals surface area contributed by atoms with Gasteiger partial charge in [-0.05, 0) is 0 Å². The smallest absolute Gasteiger partial charge is 0.318 e. The first-order chi connectivity index (χ1) is 9.16. The maximum atomic E-state index is 12.0. The van der Waals surface area contributed by atoms with Crippen LogP contribution in [0.3, 0.4) is 0 Å². The standard InChI is InChI=1S/C10H15N5O3S/c16-9(17)3-7-5-19-2-1-15(7)10(18)11-4-8-12-6-13-14-8/h6-7H,1-5H2,(H,11,18)(H,16,17)(H,12,13,14). The van der Waals surface area contributed by atoms with E-state index in [2.05, 4.69) is 20.5 Å². The van der Waals surface area contributed by atoms with Crippen molar-refractivity contribution in [2.75, 3.05) is 18.1 Å². The second-order valence-electron chi connectivity index (χ2n) is 4.11. The van der Waals surface area contributed by atoms with Gasteiger partial charge in [-0.2, -0.15) is 16.9 Å². The molecule has 0 spiro atoms. The Labute approximate surface area is 114 Å². The summed E-state index contributed by atoms with van der Waals surface area (Å²) in [6, 6.07) is -0.520. The molecular formula is C10H15N5O3S. The Balaban J connectivity index is 1.89. The lowest BCUT2D eigenvalue weighted by atomic mass is 10.2. The van der Waals surface area contributed by atoms with Gasteiger partial charge in [-0.25, -0.2) is 9.78 Å². The van der Waals surface area contributed by atoms with Crippen LogP contribution >= 0.6 is 11.8 Å². The minimum absolute atomic E-state index is 0.0251. The largest absolute Gasteiger partial charge is 0.481 e. The van der Waals surface area contributed by atoms with Gasteiger partial charge in [0.05, 0.1) is 19.0 Å². The highest BCUT2D eigenvalue weighted by molar-refractivity contribution is 7.99. The summed E-state index contributed by atoms with van der Waals surface area (Å²) in [6.07, 6.45) is 1.34. The van der Waals surface area contributed by atoms with Crippen molar-refractivity contribution < 1.29 is 14.7 Å². The lowest BCUT2D eigenvalue weighted by Gasteiger charge is -2.34. The van der Waals surface area contributed by atoms with Crippen LogP contribution in [0.5, 0.6) is 0 Å². The molecule has 2 rings (SSSR count). The average molecular weight is 285 g/mol. The van der Waals surface area contributed by atoms with E-state index in [4.69, 9.17) is 5.11 Å². The monoisotopic (exact) mass is 285 g/mol. The Morgan fingerprint density at radius 1 is 1.63 bits per heavy atom. The summed E-state index contributed by atoms with van der Waals surface area (Å²) in [6.45, 7) is 0.813. The van der Waals surface area contributed by atoms with Crippen LogP contribution in [0.15, 0.2) is 6.33 Å². The number of hydrogen-bond donors (Lipinski definition) is 3. The molecule has 1 aliphatic rings. The molecule has 1 aromatic rings. The number of aromatic nitrogens is 3. The summed E-state index contributed by atoms with van der Waals surface area (Å²) in [4.78, 5) is 28.3. The molecule has 1 aliphatic heterocycles. The molecule has 0 radical (unpaired) electrons. The maximum absolute atomic E-state index is 12.0. The third-order valence-corrected chi connectivity index (χ3v) is 3.86. The number of urea groups is 1. The molecule has 2 heterocycles. The van der Waals surface area contributed by atoms with E-state index < -0.39 is 5.97 Å². The first-order valence-corrected chi connectivity index (χ1v) is 7.00. The first kappa shape index (κ1) is 13.7. The summed E-state index contributed by atoms with van der Waals surface area (Å²) in [5.41, 5.74) is 0. The molecule has 1 unspecified atom stereocenters. The molecule has 3 N–H and O–H groups in total. The zero-order valence-corrected chi connectivity index (χ0v) is 11.0. The van der Waals surface area contributed by atoms with Gasteiger partial charge in [-0.15, -0.1) is 0 Å². The minimum atomic E-state index is -0.888. The Hall–Kier alpha value is -1.77. The summed E-state index contributed by atoms with van der Waals surface area (Å²) < 4.78 is 0. The molecule has 8 nitrogen and oxygen atoms in total. The van der Waals surface area contributed by atoms with Crippen molar-refractivity contribution in [3.63, 3.8) is 0 Å². The number of H-pyrrole nitrogens is 1. The quantitative estimate of drug-likeness (QED) is 0.712. The average Bonchev–Trinajstić information content (AvgIpc) is 2.89. The van der Waals surface area contributed by atoms with E-state index in [0.29, 0.717) is 18.1 Å². The number of carboxylic acid groups (broad SMARTS) is 1. The van der Waals surface area contributed by atoms with Gasteiger partial charge in [0.2, 0.25) is 0 Å². The summed E-state index contributed by atoms with van der Waals surface area (Å²) >= 11 is 1.67. The van der Waals surface area contributed by atoms with Crippen LogP contribution in [0.2, 0.25) is 0 Å². The zero-order valence-electron chi connectivity index (χ0n) is 10.2. The molecule has 1 saturated heterocycles. The summed E-state index contributed by atoms with van der Waals surface area (Å²) in [7, 11) is 0. The third-order valence-electron chi connectivity index (χ3n) is 2.77. The Morgan fingerprint density at radius 2 is 2.47 bits per heavy atom. The third kappa shape index (κ3) is 3.85. The van der Waals surface area contributed by atoms with Crippen molar-refractivity contribution in [2.24, 2.45) is 0 Å². The number of nitrogens with one attached hydrogen (secondary N) is 2. The van der Waals surface area contributed by atoms with E-state index in [0.717, 1.165) is 5.75 Å². The van der Waals surface area contributed by atoms with Crippen LogP contribution in [0.4, 0.5) is 4.79 Å². The number of carbonyl (C=O) groups excluding carboxylic acids is 1. The lowest BCUT2D eigenvalue weighted by Crippen LogP contribution is -2.51. The van der Waals surface area contributed by atoms with Gasteiger partial charge < -0.3 is 15.3 Å². The number of thioether (sulfide) groups is 1. The highest BCUT2D eigenvalue weighted by atomic mass is 32.2. The molecule has 1 fully saturated rings. The van der Waals surface area contributed by atoms with Crippen LogP contribution in [-0.2, 0) is 11.3 Å². The molecule has 1 aromatic heterocycles. The molecule has 0 bridgehead atoms. The zero-order chi connectivity index (χ0) is 13.7. The van der Waals surface area contributed by atoms with Gasteiger partial charge in [0, 0.05) is 18.1 Å². The molecule has 19 heavy (non-hydrogen) atoms. The van der Waals surface area contributed by atoms with Gasteiger partial charge >= 0.3 is 12.0 Å². The number of hydrogen-bond acceptors (Lipinski definition) is 5. The van der Waals surface area contributed by atoms with Crippen molar-refractivity contribution >= 4 is 23.8 Å².